The molecule has 101 heavy (non-hydrogen) atoms. The van der Waals surface area contributed by atoms with Crippen molar-refractivity contribution >= 4 is 39.5 Å². The second-order valence-corrected chi connectivity index (χ2v) is 33.6. The van der Waals surface area contributed by atoms with Crippen LogP contribution in [0.3, 0.4) is 0 Å². The van der Waals surface area contributed by atoms with Crippen LogP contribution in [0, 0.1) is 17.8 Å². The van der Waals surface area contributed by atoms with Gasteiger partial charge in [-0.15, -0.1) is 0 Å². The Morgan fingerprint density at radius 2 is 0.505 bits per heavy atom. The molecule has 600 valence electrons. The van der Waals surface area contributed by atoms with Gasteiger partial charge in [0.15, 0.2) is 12.2 Å². The van der Waals surface area contributed by atoms with Crippen LogP contribution in [-0.2, 0) is 65.4 Å². The average Bonchev–Trinajstić information content (AvgIpc) is 0.915. The zero-order valence-corrected chi connectivity index (χ0v) is 68.2. The molecule has 0 saturated heterocycles. The van der Waals surface area contributed by atoms with Crippen molar-refractivity contribution < 1.29 is 80.2 Å². The molecule has 0 heterocycles. The van der Waals surface area contributed by atoms with Crippen molar-refractivity contribution in [2.24, 2.45) is 17.8 Å². The highest BCUT2D eigenvalue weighted by Gasteiger charge is 2.30. The number of aliphatic hydroxyl groups is 1. The maximum Gasteiger partial charge on any atom is 0.472 e. The number of carbonyl (C=O) groups excluding carboxylic acids is 4. The van der Waals surface area contributed by atoms with E-state index in [1.807, 2.05) is 0 Å². The van der Waals surface area contributed by atoms with Crippen LogP contribution in [0.2, 0.25) is 0 Å². The van der Waals surface area contributed by atoms with Crippen molar-refractivity contribution in [3.05, 3.63) is 0 Å². The van der Waals surface area contributed by atoms with Crippen LogP contribution in [0.5, 0.6) is 0 Å². The van der Waals surface area contributed by atoms with Gasteiger partial charge in [0.2, 0.25) is 0 Å². The first-order chi connectivity index (χ1) is 48.8. The van der Waals surface area contributed by atoms with E-state index in [2.05, 4.69) is 48.5 Å². The minimum absolute atomic E-state index is 0.107. The minimum atomic E-state index is -4.96. The molecular formula is C82H160O17P2. The summed E-state index contributed by atoms with van der Waals surface area (Å²) < 4.78 is 68.7. The van der Waals surface area contributed by atoms with Gasteiger partial charge in [-0.2, -0.15) is 0 Å². The van der Waals surface area contributed by atoms with Crippen molar-refractivity contribution in [1.29, 1.82) is 0 Å². The standard InChI is InChI=1S/C82H160O17P2/c1-8-10-11-12-13-14-15-22-28-36-44-51-58-65-81(86)99-78(70-93-80(85)64-57-50-43-38-31-33-40-47-54-61-74(5)6)72-97-101(90,91)95-68-76(83)67-94-100(88,89)96-71-77(69-92-79(84)63-56-49-42-35-30-25-26-32-39-46-53-60-73(3)4)98-82(87)66-59-52-45-37-29-24-21-19-17-16-18-20-23-27-34-41-48-55-62-75(7)9-2/h73-78,83H,8-72H2,1-7H3,(H,88,89)(H,90,91)/t75?,76-,77-,78-/m1/s1. The SMILES string of the molecule is CCCCCCCCCCCCCCCC(=O)O[C@H](COC(=O)CCCCCCCCCCCC(C)C)COP(=O)(O)OC[C@H](O)COP(=O)(O)OC[C@@H](COC(=O)CCCCCCCCCCCCCC(C)C)OC(=O)CCCCCCCCCCCCCCCCCCCCC(C)CC. The fraction of sp³-hybridized carbons (Fsp3) is 0.951. The predicted molar refractivity (Wildman–Crippen MR) is 414 cm³/mol. The molecule has 0 aliphatic heterocycles. The second-order valence-electron chi connectivity index (χ2n) is 30.7. The van der Waals surface area contributed by atoms with E-state index in [0.29, 0.717) is 25.7 Å². The number of rotatable bonds is 80. The quantitative estimate of drug-likeness (QED) is 0.0222. The molecule has 0 radical (unpaired) electrons. The summed E-state index contributed by atoms with van der Waals surface area (Å²) in [6.45, 7) is 12.0. The Morgan fingerprint density at radius 3 is 0.752 bits per heavy atom. The first kappa shape index (κ1) is 99.1. The third-order valence-corrected chi connectivity index (χ3v) is 21.4. The number of phosphoric ester groups is 2. The fourth-order valence-electron chi connectivity index (χ4n) is 12.6. The van der Waals surface area contributed by atoms with Crippen molar-refractivity contribution in [2.75, 3.05) is 39.6 Å². The number of ether oxygens (including phenoxy) is 4. The predicted octanol–water partition coefficient (Wildman–Crippen LogP) is 24.5. The van der Waals surface area contributed by atoms with E-state index in [9.17, 15) is 43.2 Å². The molecule has 0 rings (SSSR count). The zero-order chi connectivity index (χ0) is 74.4. The van der Waals surface area contributed by atoms with Gasteiger partial charge in [-0.25, -0.2) is 9.13 Å². The number of hydrogen-bond acceptors (Lipinski definition) is 15. The van der Waals surface area contributed by atoms with Crippen LogP contribution in [0.25, 0.3) is 0 Å². The van der Waals surface area contributed by atoms with E-state index in [1.165, 1.54) is 238 Å². The summed E-state index contributed by atoms with van der Waals surface area (Å²) in [6.07, 6.45) is 61.0. The summed E-state index contributed by atoms with van der Waals surface area (Å²) in [5.74, 6) is 0.277. The third kappa shape index (κ3) is 74.7. The molecular weight excluding hydrogens is 1320 g/mol. The van der Waals surface area contributed by atoms with E-state index in [1.54, 1.807) is 0 Å². The Labute approximate surface area is 619 Å². The van der Waals surface area contributed by atoms with Crippen LogP contribution in [-0.4, -0.2) is 96.7 Å². The van der Waals surface area contributed by atoms with Crippen LogP contribution in [0.1, 0.15) is 427 Å². The largest absolute Gasteiger partial charge is 0.472 e. The molecule has 0 aliphatic carbocycles. The Bertz CT molecular complexity index is 1960. The Balaban J connectivity index is 5.22. The molecule has 19 heteroatoms. The zero-order valence-electron chi connectivity index (χ0n) is 66.4. The smallest absolute Gasteiger partial charge is 0.462 e. The molecule has 0 aromatic rings. The molecule has 17 nitrogen and oxygen atoms in total. The summed E-state index contributed by atoms with van der Waals surface area (Å²) in [6, 6.07) is 0. The maximum absolute atomic E-state index is 13.1. The van der Waals surface area contributed by atoms with E-state index < -0.39 is 97.5 Å². The minimum Gasteiger partial charge on any atom is -0.462 e. The lowest BCUT2D eigenvalue weighted by Crippen LogP contribution is -2.30. The third-order valence-electron chi connectivity index (χ3n) is 19.5. The average molecular weight is 1480 g/mol. The van der Waals surface area contributed by atoms with Gasteiger partial charge in [0, 0.05) is 25.7 Å². The molecule has 6 atom stereocenters. The number of esters is 4. The molecule has 0 aromatic heterocycles. The van der Waals surface area contributed by atoms with Crippen molar-refractivity contribution in [3.8, 4) is 0 Å². The first-order valence-electron chi connectivity index (χ1n) is 42.4. The molecule has 3 unspecified atom stereocenters. The van der Waals surface area contributed by atoms with Gasteiger partial charge < -0.3 is 33.8 Å². The number of carbonyl (C=O) groups is 4. The topological polar surface area (TPSA) is 237 Å². The molecule has 0 saturated carbocycles. The number of unbranched alkanes of at least 4 members (excludes halogenated alkanes) is 47. The lowest BCUT2D eigenvalue weighted by atomic mass is 9.99. The fourth-order valence-corrected chi connectivity index (χ4v) is 14.2. The Morgan fingerprint density at radius 1 is 0.287 bits per heavy atom. The Kier molecular flexibility index (Phi) is 70.9. The monoisotopic (exact) mass is 1480 g/mol. The van der Waals surface area contributed by atoms with Gasteiger partial charge in [0.25, 0.3) is 0 Å². The number of aliphatic hydroxyl groups excluding tert-OH is 1. The highest BCUT2D eigenvalue weighted by Crippen LogP contribution is 2.45. The van der Waals surface area contributed by atoms with Gasteiger partial charge >= 0.3 is 39.5 Å². The maximum atomic E-state index is 13.1. The van der Waals surface area contributed by atoms with Crippen molar-refractivity contribution in [1.82, 2.24) is 0 Å². The van der Waals surface area contributed by atoms with Crippen LogP contribution < -0.4 is 0 Å². The highest BCUT2D eigenvalue weighted by molar-refractivity contribution is 7.47. The molecule has 0 aliphatic rings. The molecule has 0 aromatic carbocycles. The number of phosphoric acid groups is 2. The summed E-state index contributed by atoms with van der Waals surface area (Å²) in [7, 11) is -9.92. The molecule has 0 spiro atoms. The van der Waals surface area contributed by atoms with Crippen molar-refractivity contribution in [2.45, 2.75) is 446 Å². The van der Waals surface area contributed by atoms with E-state index in [-0.39, 0.29) is 25.7 Å². The summed E-state index contributed by atoms with van der Waals surface area (Å²) >= 11 is 0. The van der Waals surface area contributed by atoms with E-state index in [0.717, 1.165) is 108 Å². The van der Waals surface area contributed by atoms with Crippen LogP contribution in [0.4, 0.5) is 0 Å². The number of hydrogen-bond donors (Lipinski definition) is 3. The van der Waals surface area contributed by atoms with Gasteiger partial charge in [0.1, 0.15) is 19.3 Å². The van der Waals surface area contributed by atoms with Crippen molar-refractivity contribution in [3.63, 3.8) is 0 Å². The van der Waals surface area contributed by atoms with E-state index in [4.69, 9.17) is 37.0 Å². The lowest BCUT2D eigenvalue weighted by Gasteiger charge is -2.21. The summed E-state index contributed by atoms with van der Waals surface area (Å²) in [5, 5.41) is 10.6. The first-order valence-corrected chi connectivity index (χ1v) is 45.4. The second kappa shape index (κ2) is 72.3. The van der Waals surface area contributed by atoms with Gasteiger partial charge in [-0.3, -0.25) is 37.3 Å². The molecule has 0 bridgehead atoms. The molecule has 0 amide bonds. The lowest BCUT2D eigenvalue weighted by molar-refractivity contribution is -0.161. The van der Waals surface area contributed by atoms with Gasteiger partial charge in [0.05, 0.1) is 26.4 Å². The summed E-state index contributed by atoms with van der Waals surface area (Å²) in [5.41, 5.74) is 0. The van der Waals surface area contributed by atoms with E-state index >= 15 is 0 Å². The molecule has 0 fully saturated rings. The van der Waals surface area contributed by atoms with Crippen LogP contribution in [0.15, 0.2) is 0 Å². The normalized spacial score (nSPS) is 14.2. The van der Waals surface area contributed by atoms with Gasteiger partial charge in [-0.1, -0.05) is 376 Å². The molecule has 3 N–H and O–H groups in total. The van der Waals surface area contributed by atoms with Gasteiger partial charge in [-0.05, 0) is 43.4 Å². The highest BCUT2D eigenvalue weighted by atomic mass is 31.2. The summed E-state index contributed by atoms with van der Waals surface area (Å²) in [4.78, 5) is 73.1. The Hall–Kier alpha value is -1.94. The van der Waals surface area contributed by atoms with Crippen LogP contribution >= 0.6 is 15.6 Å².